The van der Waals surface area contributed by atoms with Crippen LogP contribution < -0.4 is 10.2 Å². The zero-order valence-corrected chi connectivity index (χ0v) is 17.4. The smallest absolute Gasteiger partial charge is 0.228 e. The number of hydrogen-bond donors (Lipinski definition) is 1. The molecule has 0 radical (unpaired) electrons. The third-order valence-corrected chi connectivity index (χ3v) is 5.17. The lowest BCUT2D eigenvalue weighted by Gasteiger charge is -2.23. The maximum atomic E-state index is 5.70. The Labute approximate surface area is 179 Å². The number of nitrogens with zero attached hydrogens (tertiary/aromatic N) is 7. The summed E-state index contributed by atoms with van der Waals surface area (Å²) in [7, 11) is 0. The van der Waals surface area contributed by atoms with Crippen molar-refractivity contribution in [2.24, 2.45) is 0 Å². The van der Waals surface area contributed by atoms with Crippen molar-refractivity contribution in [3.8, 4) is 11.4 Å². The van der Waals surface area contributed by atoms with Gasteiger partial charge in [-0.3, -0.25) is 9.97 Å². The van der Waals surface area contributed by atoms with Gasteiger partial charge in [-0.25, -0.2) is 9.97 Å². The lowest BCUT2D eigenvalue weighted by Crippen LogP contribution is -2.25. The van der Waals surface area contributed by atoms with Gasteiger partial charge in [0.05, 0.1) is 29.8 Å². The summed E-state index contributed by atoms with van der Waals surface area (Å²) in [5.41, 5.74) is 3.25. The lowest BCUT2D eigenvalue weighted by atomic mass is 10.1. The molecule has 156 valence electrons. The zero-order chi connectivity index (χ0) is 21.2. The molecule has 0 bridgehead atoms. The monoisotopic (exact) mass is 414 g/mol. The van der Waals surface area contributed by atoms with Gasteiger partial charge in [-0.1, -0.05) is 11.2 Å². The fraction of sp³-hybridized carbons (Fsp3) is 0.273. The molecule has 1 saturated heterocycles. The van der Waals surface area contributed by atoms with E-state index in [4.69, 9.17) is 9.51 Å². The van der Waals surface area contributed by atoms with Crippen LogP contribution in [-0.2, 0) is 0 Å². The number of aryl methyl sites for hydroxylation is 2. The van der Waals surface area contributed by atoms with E-state index in [0.29, 0.717) is 17.6 Å². The fourth-order valence-corrected chi connectivity index (χ4v) is 3.72. The molecule has 0 saturated carbocycles. The highest BCUT2D eigenvalue weighted by molar-refractivity contribution is 5.55. The molecule has 1 aliphatic heterocycles. The summed E-state index contributed by atoms with van der Waals surface area (Å²) in [5.74, 6) is 2.77. The second-order valence-electron chi connectivity index (χ2n) is 7.54. The summed E-state index contributed by atoms with van der Waals surface area (Å²) >= 11 is 0. The maximum absolute atomic E-state index is 5.70. The van der Waals surface area contributed by atoms with E-state index in [1.807, 2.05) is 44.2 Å². The number of aromatic nitrogens is 6. The molecule has 1 atom stereocenters. The molecule has 0 aliphatic carbocycles. The van der Waals surface area contributed by atoms with E-state index in [1.54, 1.807) is 18.6 Å². The van der Waals surface area contributed by atoms with E-state index < -0.39 is 0 Å². The first-order chi connectivity index (χ1) is 15.2. The van der Waals surface area contributed by atoms with Crippen molar-refractivity contribution in [2.45, 2.75) is 32.7 Å². The summed E-state index contributed by atoms with van der Waals surface area (Å²) in [5, 5.41) is 7.45. The van der Waals surface area contributed by atoms with Crippen LogP contribution in [0.5, 0.6) is 0 Å². The van der Waals surface area contributed by atoms with Crippen LogP contribution in [0, 0.1) is 13.8 Å². The third kappa shape index (κ3) is 4.07. The van der Waals surface area contributed by atoms with Crippen LogP contribution >= 0.6 is 0 Å². The molecule has 1 fully saturated rings. The summed E-state index contributed by atoms with van der Waals surface area (Å²) in [6, 6.07) is 9.62. The Morgan fingerprint density at radius 1 is 0.968 bits per heavy atom. The summed E-state index contributed by atoms with van der Waals surface area (Å²) in [4.78, 5) is 24.6. The van der Waals surface area contributed by atoms with E-state index in [1.165, 1.54) is 0 Å². The Morgan fingerprint density at radius 3 is 2.71 bits per heavy atom. The first-order valence-corrected chi connectivity index (χ1v) is 10.2. The van der Waals surface area contributed by atoms with E-state index in [2.05, 4.69) is 35.3 Å². The van der Waals surface area contributed by atoms with E-state index in [9.17, 15) is 0 Å². The molecule has 1 aliphatic rings. The highest BCUT2D eigenvalue weighted by atomic mass is 16.5. The van der Waals surface area contributed by atoms with Crippen LogP contribution in [-0.4, -0.2) is 36.6 Å². The van der Waals surface area contributed by atoms with E-state index in [0.717, 1.165) is 47.9 Å². The first-order valence-electron chi connectivity index (χ1n) is 10.2. The van der Waals surface area contributed by atoms with Crippen LogP contribution in [0.2, 0.25) is 0 Å². The van der Waals surface area contributed by atoms with Gasteiger partial charge in [-0.05, 0) is 38.8 Å². The second-order valence-corrected chi connectivity index (χ2v) is 7.54. The number of hydrogen-bond acceptors (Lipinski definition) is 9. The number of nitrogens with one attached hydrogen (secondary N) is 1. The lowest BCUT2D eigenvalue weighted by molar-refractivity contribution is 0.362. The number of anilines is 3. The van der Waals surface area contributed by atoms with Crippen LogP contribution in [0.25, 0.3) is 11.4 Å². The summed E-state index contributed by atoms with van der Waals surface area (Å²) < 4.78 is 5.70. The third-order valence-electron chi connectivity index (χ3n) is 5.17. The Kier molecular flexibility index (Phi) is 4.99. The first kappa shape index (κ1) is 19.1. The van der Waals surface area contributed by atoms with Crippen LogP contribution in [0.4, 0.5) is 17.6 Å². The van der Waals surface area contributed by atoms with Crippen LogP contribution in [0.3, 0.4) is 0 Å². The van der Waals surface area contributed by atoms with Crippen molar-refractivity contribution in [3.05, 3.63) is 66.1 Å². The number of rotatable bonds is 5. The molecule has 4 aromatic heterocycles. The van der Waals surface area contributed by atoms with E-state index in [-0.39, 0.29) is 6.04 Å². The van der Waals surface area contributed by atoms with Gasteiger partial charge in [-0.15, -0.1) is 0 Å². The Balaban J connectivity index is 1.41. The summed E-state index contributed by atoms with van der Waals surface area (Å²) in [6.45, 7) is 4.70. The van der Waals surface area contributed by atoms with Gasteiger partial charge in [0.15, 0.2) is 5.76 Å². The molecule has 4 aromatic rings. The zero-order valence-electron chi connectivity index (χ0n) is 17.4. The molecule has 5 rings (SSSR count). The van der Waals surface area contributed by atoms with Crippen LogP contribution in [0.1, 0.15) is 36.0 Å². The standard InChI is InChI=1S/C22H22N8O/c1-14-10-20(27-21-13-24-15(2)12-25-21)28-22(26-14)30-9-5-7-18(30)19-11-17(29-31-19)16-6-3-4-8-23-16/h3-4,6,8,10-13,18H,5,7,9H2,1-2H3,(H,25,26,27,28)/t18-/m0/s1. The van der Waals surface area contributed by atoms with Gasteiger partial charge >= 0.3 is 0 Å². The average molecular weight is 414 g/mol. The Morgan fingerprint density at radius 2 is 1.90 bits per heavy atom. The molecule has 31 heavy (non-hydrogen) atoms. The highest BCUT2D eigenvalue weighted by Crippen LogP contribution is 2.36. The Hall–Kier alpha value is -3.88. The predicted octanol–water partition coefficient (Wildman–Crippen LogP) is 4.02. The van der Waals surface area contributed by atoms with Crippen molar-refractivity contribution < 1.29 is 4.52 Å². The molecular formula is C22H22N8O. The Bertz CT molecular complexity index is 1180. The van der Waals surface area contributed by atoms with Crippen molar-refractivity contribution in [1.29, 1.82) is 0 Å². The second kappa shape index (κ2) is 8.10. The molecular weight excluding hydrogens is 392 g/mol. The minimum Gasteiger partial charge on any atom is -0.358 e. The molecule has 0 unspecified atom stereocenters. The van der Waals surface area contributed by atoms with Crippen molar-refractivity contribution in [2.75, 3.05) is 16.8 Å². The molecule has 0 spiro atoms. The van der Waals surface area contributed by atoms with Gasteiger partial charge in [0.2, 0.25) is 5.95 Å². The molecule has 9 heteroatoms. The SMILES string of the molecule is Cc1cnc(Nc2cc(C)nc(N3CCC[C@H]3c3cc(-c4ccccn4)no3)n2)cn1. The van der Waals surface area contributed by atoms with Crippen molar-refractivity contribution in [3.63, 3.8) is 0 Å². The molecule has 5 heterocycles. The minimum absolute atomic E-state index is 0.0266. The highest BCUT2D eigenvalue weighted by Gasteiger charge is 2.32. The summed E-state index contributed by atoms with van der Waals surface area (Å²) in [6.07, 6.45) is 7.13. The number of pyridine rings is 1. The normalized spacial score (nSPS) is 15.9. The van der Waals surface area contributed by atoms with Gasteiger partial charge in [0.25, 0.3) is 0 Å². The quantitative estimate of drug-likeness (QED) is 0.518. The van der Waals surface area contributed by atoms with Gasteiger partial charge in [0.1, 0.15) is 17.3 Å². The van der Waals surface area contributed by atoms with Crippen LogP contribution in [0.15, 0.2) is 53.4 Å². The molecule has 0 aromatic carbocycles. The van der Waals surface area contributed by atoms with Crippen molar-refractivity contribution in [1.82, 2.24) is 30.1 Å². The maximum Gasteiger partial charge on any atom is 0.228 e. The fourth-order valence-electron chi connectivity index (χ4n) is 3.72. The average Bonchev–Trinajstić information content (AvgIpc) is 3.45. The molecule has 9 nitrogen and oxygen atoms in total. The topological polar surface area (TPSA) is 106 Å². The van der Waals surface area contributed by atoms with E-state index >= 15 is 0 Å². The molecule has 1 N–H and O–H groups in total. The minimum atomic E-state index is 0.0266. The predicted molar refractivity (Wildman–Crippen MR) is 116 cm³/mol. The van der Waals surface area contributed by atoms with Gasteiger partial charge in [-0.2, -0.15) is 4.98 Å². The largest absolute Gasteiger partial charge is 0.358 e. The van der Waals surface area contributed by atoms with Crippen molar-refractivity contribution >= 4 is 17.6 Å². The molecule has 0 amide bonds. The van der Waals surface area contributed by atoms with Gasteiger partial charge in [0, 0.05) is 30.6 Å². The van der Waals surface area contributed by atoms with Gasteiger partial charge < -0.3 is 14.7 Å².